The van der Waals surface area contributed by atoms with Crippen LogP contribution in [0.25, 0.3) is 10.9 Å². The quantitative estimate of drug-likeness (QED) is 0.695. The maximum absolute atomic E-state index is 12.3. The number of fused-ring (bicyclic) bond motifs is 1. The summed E-state index contributed by atoms with van der Waals surface area (Å²) in [5.41, 5.74) is 1.05. The van der Waals surface area contributed by atoms with Gasteiger partial charge in [0.2, 0.25) is 5.43 Å². The maximum atomic E-state index is 12.3. The molecule has 0 saturated carbocycles. The Bertz CT molecular complexity index is 920. The molecule has 2 aliphatic rings. The molecule has 4 rings (SSSR count). The van der Waals surface area contributed by atoms with Crippen LogP contribution >= 0.6 is 0 Å². The van der Waals surface area contributed by atoms with Crippen LogP contribution in [-0.4, -0.2) is 91.3 Å². The second kappa shape index (κ2) is 7.90. The van der Waals surface area contributed by atoms with Gasteiger partial charge in [0, 0.05) is 75.7 Å². The molecule has 1 atom stereocenters. The van der Waals surface area contributed by atoms with Gasteiger partial charge in [-0.05, 0) is 25.2 Å². The minimum Gasteiger partial charge on any atom is -0.477 e. The van der Waals surface area contributed by atoms with Crippen LogP contribution in [0.4, 0.5) is 5.69 Å². The van der Waals surface area contributed by atoms with E-state index in [9.17, 15) is 9.59 Å². The first kappa shape index (κ1) is 18.9. The van der Waals surface area contributed by atoms with Gasteiger partial charge in [0.05, 0.1) is 5.52 Å². The fourth-order valence-electron chi connectivity index (χ4n) is 4.09. The van der Waals surface area contributed by atoms with Crippen LogP contribution in [0.5, 0.6) is 0 Å². The van der Waals surface area contributed by atoms with Crippen molar-refractivity contribution in [1.29, 1.82) is 0 Å². The number of nitrogens with one attached hydrogen (secondary N) is 2. The summed E-state index contributed by atoms with van der Waals surface area (Å²) < 4.78 is 0. The molecule has 1 aromatic heterocycles. The Morgan fingerprint density at radius 1 is 1.21 bits per heavy atom. The number of anilines is 1. The lowest BCUT2D eigenvalue weighted by molar-refractivity contribution is 0.0695. The van der Waals surface area contributed by atoms with Crippen molar-refractivity contribution in [3.05, 3.63) is 40.2 Å². The summed E-state index contributed by atoms with van der Waals surface area (Å²) in [5.74, 6) is -1.21. The Balaban J connectivity index is 1.48. The standard InChI is InChI=1S/C20H27N5O3/c1-23-6-8-24(9-7-23)12-14-13-25(5-4-21-14)15-2-3-16-18(10-15)22-11-17(19(16)26)20(27)28/h2-3,10-11,14,21H,4-9,12-13H2,1H3,(H,22,26)(H,27,28). The minimum atomic E-state index is -1.21. The van der Waals surface area contributed by atoms with Crippen LogP contribution in [-0.2, 0) is 0 Å². The van der Waals surface area contributed by atoms with Crippen molar-refractivity contribution >= 4 is 22.6 Å². The summed E-state index contributed by atoms with van der Waals surface area (Å²) in [5, 5.41) is 13.2. The van der Waals surface area contributed by atoms with Gasteiger partial charge < -0.3 is 25.2 Å². The zero-order valence-electron chi connectivity index (χ0n) is 16.1. The molecule has 3 heterocycles. The second-order valence-corrected chi connectivity index (χ2v) is 7.77. The first-order valence-electron chi connectivity index (χ1n) is 9.79. The van der Waals surface area contributed by atoms with Crippen LogP contribution in [0, 0.1) is 0 Å². The molecule has 0 aliphatic carbocycles. The molecule has 1 aromatic carbocycles. The van der Waals surface area contributed by atoms with Gasteiger partial charge in [0.25, 0.3) is 0 Å². The van der Waals surface area contributed by atoms with E-state index in [-0.39, 0.29) is 5.56 Å². The largest absolute Gasteiger partial charge is 0.477 e. The van der Waals surface area contributed by atoms with Gasteiger partial charge in [-0.3, -0.25) is 9.69 Å². The summed E-state index contributed by atoms with van der Waals surface area (Å²) >= 11 is 0. The van der Waals surface area contributed by atoms with E-state index in [0.29, 0.717) is 16.9 Å². The monoisotopic (exact) mass is 385 g/mol. The predicted octanol–water partition coefficient (Wildman–Crippen LogP) is 0.252. The third kappa shape index (κ3) is 3.89. The van der Waals surface area contributed by atoms with Crippen LogP contribution in [0.1, 0.15) is 10.4 Å². The molecule has 8 nitrogen and oxygen atoms in total. The molecule has 2 saturated heterocycles. The summed E-state index contributed by atoms with van der Waals surface area (Å²) in [6.07, 6.45) is 1.28. The van der Waals surface area contributed by atoms with E-state index in [1.165, 1.54) is 6.20 Å². The highest BCUT2D eigenvalue weighted by atomic mass is 16.4. The molecular weight excluding hydrogens is 358 g/mol. The number of carboxylic acid groups (broad SMARTS) is 1. The fraction of sp³-hybridized carbons (Fsp3) is 0.500. The Morgan fingerprint density at radius 3 is 2.75 bits per heavy atom. The number of aromatic nitrogens is 1. The number of aromatic carboxylic acids is 1. The second-order valence-electron chi connectivity index (χ2n) is 7.77. The van der Waals surface area contributed by atoms with Gasteiger partial charge in [-0.2, -0.15) is 0 Å². The Kier molecular flexibility index (Phi) is 5.34. The van der Waals surface area contributed by atoms with Crippen molar-refractivity contribution in [3.8, 4) is 0 Å². The number of carbonyl (C=O) groups is 1. The Labute approximate surface area is 163 Å². The molecule has 0 amide bonds. The number of carboxylic acids is 1. The number of hydrogen-bond donors (Lipinski definition) is 3. The van der Waals surface area contributed by atoms with Crippen LogP contribution in [0.3, 0.4) is 0 Å². The number of hydrogen-bond acceptors (Lipinski definition) is 6. The van der Waals surface area contributed by atoms with Gasteiger partial charge in [-0.1, -0.05) is 0 Å². The summed E-state index contributed by atoms with van der Waals surface area (Å²) in [4.78, 5) is 33.7. The fourth-order valence-corrected chi connectivity index (χ4v) is 4.09. The van der Waals surface area contributed by atoms with Crippen molar-refractivity contribution in [2.75, 3.05) is 64.3 Å². The maximum Gasteiger partial charge on any atom is 0.341 e. The van der Waals surface area contributed by atoms with Gasteiger partial charge >= 0.3 is 5.97 Å². The van der Waals surface area contributed by atoms with Crippen molar-refractivity contribution in [2.24, 2.45) is 0 Å². The van der Waals surface area contributed by atoms with Crippen molar-refractivity contribution in [1.82, 2.24) is 20.1 Å². The smallest absolute Gasteiger partial charge is 0.341 e. The van der Waals surface area contributed by atoms with E-state index < -0.39 is 11.4 Å². The highest BCUT2D eigenvalue weighted by Gasteiger charge is 2.24. The first-order valence-corrected chi connectivity index (χ1v) is 9.79. The molecule has 0 radical (unpaired) electrons. The number of piperazine rings is 2. The number of H-pyrrole nitrogens is 1. The number of nitrogens with zero attached hydrogens (tertiary/aromatic N) is 3. The van der Waals surface area contributed by atoms with E-state index in [2.05, 4.69) is 32.0 Å². The van der Waals surface area contributed by atoms with Crippen molar-refractivity contribution in [3.63, 3.8) is 0 Å². The topological polar surface area (TPSA) is 91.9 Å². The zero-order chi connectivity index (χ0) is 19.7. The Morgan fingerprint density at radius 2 is 2.00 bits per heavy atom. The molecular formula is C20H27N5O3. The molecule has 0 bridgehead atoms. The average Bonchev–Trinajstić information content (AvgIpc) is 2.70. The molecule has 0 spiro atoms. The number of rotatable bonds is 4. The zero-order valence-corrected chi connectivity index (χ0v) is 16.1. The van der Waals surface area contributed by atoms with Crippen LogP contribution in [0.15, 0.2) is 29.2 Å². The molecule has 1 unspecified atom stereocenters. The Hall–Kier alpha value is -2.42. The highest BCUT2D eigenvalue weighted by Crippen LogP contribution is 2.21. The number of pyridine rings is 1. The minimum absolute atomic E-state index is 0.227. The van der Waals surface area contributed by atoms with Gasteiger partial charge in [-0.25, -0.2) is 4.79 Å². The van der Waals surface area contributed by atoms with Gasteiger partial charge in [-0.15, -0.1) is 0 Å². The first-order chi connectivity index (χ1) is 13.5. The molecule has 2 aliphatic heterocycles. The normalized spacial score (nSPS) is 21.9. The number of benzene rings is 1. The summed E-state index contributed by atoms with van der Waals surface area (Å²) in [6, 6.07) is 6.00. The molecule has 28 heavy (non-hydrogen) atoms. The highest BCUT2D eigenvalue weighted by molar-refractivity contribution is 5.93. The summed E-state index contributed by atoms with van der Waals surface area (Å²) in [7, 11) is 2.17. The van der Waals surface area contributed by atoms with E-state index in [1.54, 1.807) is 6.07 Å². The van der Waals surface area contributed by atoms with Crippen molar-refractivity contribution in [2.45, 2.75) is 6.04 Å². The van der Waals surface area contributed by atoms with E-state index >= 15 is 0 Å². The number of aromatic amines is 1. The van der Waals surface area contributed by atoms with E-state index in [0.717, 1.165) is 58.0 Å². The summed E-state index contributed by atoms with van der Waals surface area (Å²) in [6.45, 7) is 8.23. The van der Waals surface area contributed by atoms with E-state index in [1.807, 2.05) is 12.1 Å². The third-order valence-electron chi connectivity index (χ3n) is 5.79. The number of likely N-dealkylation sites (N-methyl/N-ethyl adjacent to an activating group) is 1. The predicted molar refractivity (Wildman–Crippen MR) is 109 cm³/mol. The van der Waals surface area contributed by atoms with Crippen LogP contribution < -0.4 is 15.6 Å². The lowest BCUT2D eigenvalue weighted by atomic mass is 10.1. The van der Waals surface area contributed by atoms with Crippen molar-refractivity contribution < 1.29 is 9.90 Å². The molecule has 2 aromatic rings. The van der Waals surface area contributed by atoms with Gasteiger partial charge in [0.1, 0.15) is 5.56 Å². The molecule has 2 fully saturated rings. The lowest BCUT2D eigenvalue weighted by Gasteiger charge is -2.39. The SMILES string of the molecule is CN1CCN(CC2CN(c3ccc4c(=O)c(C(=O)O)c[nH]c4c3)CCN2)CC1. The van der Waals surface area contributed by atoms with Gasteiger partial charge in [0.15, 0.2) is 0 Å². The third-order valence-corrected chi connectivity index (χ3v) is 5.79. The van der Waals surface area contributed by atoms with E-state index in [4.69, 9.17) is 5.11 Å². The average molecular weight is 385 g/mol. The molecule has 8 heteroatoms. The van der Waals surface area contributed by atoms with Crippen LogP contribution in [0.2, 0.25) is 0 Å². The molecule has 150 valence electrons. The lowest BCUT2D eigenvalue weighted by Crippen LogP contribution is -2.57. The molecule has 3 N–H and O–H groups in total.